The normalized spacial score (nSPS) is 37.5. The maximum Gasteiger partial charge on any atom is 0.312 e. The number of aliphatic hydroxyl groups excluding tert-OH is 1. The first kappa shape index (κ1) is 10.5. The van der Waals surface area contributed by atoms with E-state index in [1.165, 1.54) is 7.11 Å². The number of methoxy groups -OCH3 is 1. The summed E-state index contributed by atoms with van der Waals surface area (Å²) in [6.07, 6.45) is -1.19. The number of hydrogen-bond acceptors (Lipinski definition) is 4. The summed E-state index contributed by atoms with van der Waals surface area (Å²) in [5.74, 6) is -0.721. The Balaban J connectivity index is 2.88. The number of hydrogen-bond donors (Lipinski definition) is 1. The molecule has 1 N–H and O–H groups in total. The Morgan fingerprint density at radius 2 is 2.08 bits per heavy atom. The van der Waals surface area contributed by atoms with Crippen molar-refractivity contribution in [2.45, 2.75) is 33.2 Å². The predicted molar refractivity (Wildman–Crippen MR) is 45.8 cm³/mol. The molecule has 0 spiro atoms. The van der Waals surface area contributed by atoms with E-state index < -0.39 is 17.6 Å². The summed E-state index contributed by atoms with van der Waals surface area (Å²) in [5, 5.41) is 9.51. The molecule has 1 rings (SSSR count). The minimum Gasteiger partial charge on any atom is -0.469 e. The molecule has 3 atom stereocenters. The van der Waals surface area contributed by atoms with E-state index in [4.69, 9.17) is 4.74 Å². The fourth-order valence-corrected chi connectivity index (χ4v) is 1.84. The molecule has 1 heterocycles. The Bertz CT molecular complexity index is 212. The highest BCUT2D eigenvalue weighted by Gasteiger charge is 2.52. The van der Waals surface area contributed by atoms with Crippen molar-refractivity contribution in [3.05, 3.63) is 0 Å². The van der Waals surface area contributed by atoms with Crippen molar-refractivity contribution < 1.29 is 19.4 Å². The minimum absolute atomic E-state index is 0.294. The zero-order chi connectivity index (χ0) is 10.2. The Kier molecular flexibility index (Phi) is 2.63. The third kappa shape index (κ3) is 1.56. The van der Waals surface area contributed by atoms with Crippen molar-refractivity contribution in [1.82, 2.24) is 0 Å². The van der Waals surface area contributed by atoms with Crippen molar-refractivity contribution >= 4 is 5.97 Å². The van der Waals surface area contributed by atoms with Gasteiger partial charge >= 0.3 is 5.97 Å². The summed E-state index contributed by atoms with van der Waals surface area (Å²) >= 11 is 0. The van der Waals surface area contributed by atoms with Crippen molar-refractivity contribution in [1.29, 1.82) is 0 Å². The van der Waals surface area contributed by atoms with E-state index in [1.54, 1.807) is 20.8 Å². The average Bonchev–Trinajstić information content (AvgIpc) is 2.21. The van der Waals surface area contributed by atoms with Crippen molar-refractivity contribution in [2.75, 3.05) is 7.11 Å². The maximum atomic E-state index is 11.4. The SMILES string of the molecule is COC(=O)C1C(C)OC(O)C1(C)C. The topological polar surface area (TPSA) is 55.8 Å². The van der Waals surface area contributed by atoms with E-state index in [-0.39, 0.29) is 12.1 Å². The molecule has 0 aromatic heterocycles. The van der Waals surface area contributed by atoms with Crippen LogP contribution >= 0.6 is 0 Å². The molecule has 1 aliphatic heterocycles. The fraction of sp³-hybridized carbons (Fsp3) is 0.889. The molecule has 0 aromatic rings. The molecule has 0 aromatic carbocycles. The van der Waals surface area contributed by atoms with Crippen molar-refractivity contribution in [2.24, 2.45) is 11.3 Å². The van der Waals surface area contributed by atoms with Gasteiger partial charge in [0, 0.05) is 5.41 Å². The van der Waals surface area contributed by atoms with Gasteiger partial charge in [0.2, 0.25) is 0 Å². The van der Waals surface area contributed by atoms with E-state index >= 15 is 0 Å². The second kappa shape index (κ2) is 3.27. The molecule has 0 saturated carbocycles. The van der Waals surface area contributed by atoms with Gasteiger partial charge in [0.1, 0.15) is 0 Å². The van der Waals surface area contributed by atoms with Crippen LogP contribution in [0.15, 0.2) is 0 Å². The fourth-order valence-electron chi connectivity index (χ4n) is 1.84. The van der Waals surface area contributed by atoms with Crippen LogP contribution < -0.4 is 0 Å². The molecule has 1 saturated heterocycles. The van der Waals surface area contributed by atoms with Crippen molar-refractivity contribution in [3.8, 4) is 0 Å². The molecular formula is C9H16O4. The molecule has 76 valence electrons. The van der Waals surface area contributed by atoms with Crippen LogP contribution in [0.3, 0.4) is 0 Å². The standard InChI is InChI=1S/C9H16O4/c1-5-6(7(10)12-4)9(2,3)8(11)13-5/h5-6,8,11H,1-4H3. The third-order valence-electron chi connectivity index (χ3n) is 2.71. The quantitative estimate of drug-likeness (QED) is 0.610. The Morgan fingerprint density at radius 1 is 1.54 bits per heavy atom. The Morgan fingerprint density at radius 3 is 2.38 bits per heavy atom. The maximum absolute atomic E-state index is 11.4. The monoisotopic (exact) mass is 188 g/mol. The van der Waals surface area contributed by atoms with E-state index in [0.717, 1.165) is 0 Å². The van der Waals surface area contributed by atoms with Crippen LogP contribution in [0.25, 0.3) is 0 Å². The van der Waals surface area contributed by atoms with Gasteiger partial charge in [-0.1, -0.05) is 13.8 Å². The first-order chi connectivity index (χ1) is 5.91. The second-order valence-electron chi connectivity index (χ2n) is 4.02. The van der Waals surface area contributed by atoms with Gasteiger partial charge in [-0.2, -0.15) is 0 Å². The molecule has 1 aliphatic rings. The molecule has 0 amide bonds. The van der Waals surface area contributed by atoms with Crippen LogP contribution in [0.4, 0.5) is 0 Å². The summed E-state index contributed by atoms with van der Waals surface area (Å²) in [5.41, 5.74) is -0.577. The molecule has 0 bridgehead atoms. The van der Waals surface area contributed by atoms with Crippen LogP contribution in [-0.4, -0.2) is 30.6 Å². The van der Waals surface area contributed by atoms with Crippen LogP contribution in [0, 0.1) is 11.3 Å². The van der Waals surface area contributed by atoms with Gasteiger partial charge in [-0.05, 0) is 6.92 Å². The van der Waals surface area contributed by atoms with Crippen LogP contribution in [0.2, 0.25) is 0 Å². The lowest BCUT2D eigenvalue weighted by Gasteiger charge is -2.26. The van der Waals surface area contributed by atoms with Crippen LogP contribution in [-0.2, 0) is 14.3 Å². The van der Waals surface area contributed by atoms with Gasteiger partial charge < -0.3 is 14.6 Å². The molecule has 0 aliphatic carbocycles. The van der Waals surface area contributed by atoms with E-state index in [2.05, 4.69) is 4.74 Å². The Hall–Kier alpha value is -0.610. The first-order valence-corrected chi connectivity index (χ1v) is 4.32. The number of aliphatic hydroxyl groups is 1. The highest BCUT2D eigenvalue weighted by Crippen LogP contribution is 2.42. The smallest absolute Gasteiger partial charge is 0.312 e. The van der Waals surface area contributed by atoms with Crippen LogP contribution in [0.5, 0.6) is 0 Å². The van der Waals surface area contributed by atoms with Gasteiger partial charge in [0.25, 0.3) is 0 Å². The highest BCUT2D eigenvalue weighted by molar-refractivity contribution is 5.74. The molecular weight excluding hydrogens is 172 g/mol. The lowest BCUT2D eigenvalue weighted by Crippen LogP contribution is -2.36. The number of carbonyl (C=O) groups excluding carboxylic acids is 1. The molecule has 4 nitrogen and oxygen atoms in total. The zero-order valence-electron chi connectivity index (χ0n) is 8.40. The number of esters is 1. The average molecular weight is 188 g/mol. The van der Waals surface area contributed by atoms with Crippen molar-refractivity contribution in [3.63, 3.8) is 0 Å². The molecule has 1 fully saturated rings. The van der Waals surface area contributed by atoms with Gasteiger partial charge in [-0.25, -0.2) is 0 Å². The molecule has 13 heavy (non-hydrogen) atoms. The van der Waals surface area contributed by atoms with Crippen LogP contribution in [0.1, 0.15) is 20.8 Å². The summed E-state index contributed by atoms with van der Waals surface area (Å²) in [6, 6.07) is 0. The first-order valence-electron chi connectivity index (χ1n) is 4.32. The number of ether oxygens (including phenoxy) is 2. The summed E-state index contributed by atoms with van der Waals surface area (Å²) in [4.78, 5) is 11.4. The summed E-state index contributed by atoms with van der Waals surface area (Å²) < 4.78 is 9.83. The zero-order valence-corrected chi connectivity index (χ0v) is 8.40. The summed E-state index contributed by atoms with van der Waals surface area (Å²) in [7, 11) is 1.34. The minimum atomic E-state index is -0.897. The predicted octanol–water partition coefficient (Wildman–Crippen LogP) is 0.539. The summed E-state index contributed by atoms with van der Waals surface area (Å²) in [6.45, 7) is 5.35. The molecule has 0 radical (unpaired) electrons. The van der Waals surface area contributed by atoms with Gasteiger partial charge in [-0.15, -0.1) is 0 Å². The van der Waals surface area contributed by atoms with E-state index in [9.17, 15) is 9.90 Å². The number of carbonyl (C=O) groups is 1. The third-order valence-corrected chi connectivity index (χ3v) is 2.71. The molecule has 3 unspecified atom stereocenters. The van der Waals surface area contributed by atoms with Gasteiger partial charge in [-0.3, -0.25) is 4.79 Å². The lowest BCUT2D eigenvalue weighted by atomic mass is 9.78. The lowest BCUT2D eigenvalue weighted by molar-refractivity contribution is -0.150. The van der Waals surface area contributed by atoms with Gasteiger partial charge in [0.05, 0.1) is 19.1 Å². The van der Waals surface area contributed by atoms with E-state index in [0.29, 0.717) is 0 Å². The number of rotatable bonds is 1. The van der Waals surface area contributed by atoms with E-state index in [1.807, 2.05) is 0 Å². The van der Waals surface area contributed by atoms with Gasteiger partial charge in [0.15, 0.2) is 6.29 Å². The Labute approximate surface area is 77.8 Å². The second-order valence-corrected chi connectivity index (χ2v) is 4.02. The largest absolute Gasteiger partial charge is 0.469 e. The molecule has 4 heteroatoms. The highest BCUT2D eigenvalue weighted by atomic mass is 16.6.